The third-order valence-electron chi connectivity index (χ3n) is 5.16. The summed E-state index contributed by atoms with van der Waals surface area (Å²) in [4.78, 5) is 23.8. The van der Waals surface area contributed by atoms with Gasteiger partial charge in [0.1, 0.15) is 0 Å². The highest BCUT2D eigenvalue weighted by atomic mass is 16.5. The summed E-state index contributed by atoms with van der Waals surface area (Å²) in [6, 6.07) is 0. The Balaban J connectivity index is 2.57. The van der Waals surface area contributed by atoms with E-state index in [0.717, 1.165) is 5.57 Å². The third-order valence-corrected chi connectivity index (χ3v) is 5.16. The highest BCUT2D eigenvalue weighted by Gasteiger charge is 2.71. The lowest BCUT2D eigenvalue weighted by Crippen LogP contribution is -2.43. The SMILES string of the molecule is C=C1C(C)(C)[C@@]2(C(=O)OC)CC[C@@]1(C(N)=O)C2. The summed E-state index contributed by atoms with van der Waals surface area (Å²) in [6.45, 7) is 7.95. The molecule has 2 aliphatic rings. The molecule has 4 nitrogen and oxygen atoms in total. The summed E-state index contributed by atoms with van der Waals surface area (Å²) in [5, 5.41) is 0. The van der Waals surface area contributed by atoms with E-state index in [9.17, 15) is 9.59 Å². The highest BCUT2D eigenvalue weighted by Crippen LogP contribution is 2.72. The van der Waals surface area contributed by atoms with Crippen molar-refractivity contribution in [2.75, 3.05) is 7.11 Å². The minimum absolute atomic E-state index is 0.246. The number of amides is 1. The van der Waals surface area contributed by atoms with Gasteiger partial charge in [-0.1, -0.05) is 26.0 Å². The van der Waals surface area contributed by atoms with Crippen molar-refractivity contribution in [1.82, 2.24) is 0 Å². The predicted molar refractivity (Wildman–Crippen MR) is 62.8 cm³/mol. The molecule has 0 aromatic rings. The van der Waals surface area contributed by atoms with Crippen LogP contribution in [-0.2, 0) is 14.3 Å². The van der Waals surface area contributed by atoms with Gasteiger partial charge in [-0.2, -0.15) is 0 Å². The molecule has 2 bridgehead atoms. The van der Waals surface area contributed by atoms with E-state index in [-0.39, 0.29) is 11.9 Å². The zero-order valence-electron chi connectivity index (χ0n) is 10.6. The van der Waals surface area contributed by atoms with Gasteiger partial charge in [0, 0.05) is 5.41 Å². The molecule has 4 heteroatoms. The van der Waals surface area contributed by atoms with Crippen LogP contribution < -0.4 is 5.73 Å². The molecule has 2 N–H and O–H groups in total. The quantitative estimate of drug-likeness (QED) is 0.583. The number of primary amides is 1. The molecule has 17 heavy (non-hydrogen) atoms. The van der Waals surface area contributed by atoms with Crippen molar-refractivity contribution in [2.24, 2.45) is 22.0 Å². The van der Waals surface area contributed by atoms with Crippen LogP contribution in [0.3, 0.4) is 0 Å². The van der Waals surface area contributed by atoms with Crippen molar-refractivity contribution in [3.63, 3.8) is 0 Å². The molecule has 0 heterocycles. The van der Waals surface area contributed by atoms with Crippen molar-refractivity contribution < 1.29 is 14.3 Å². The molecule has 2 atom stereocenters. The number of esters is 1. The third kappa shape index (κ3) is 1.08. The van der Waals surface area contributed by atoms with Crippen LogP contribution in [0.1, 0.15) is 33.1 Å². The molecule has 0 radical (unpaired) electrons. The van der Waals surface area contributed by atoms with Gasteiger partial charge in [0.25, 0.3) is 0 Å². The Morgan fingerprint density at radius 1 is 1.35 bits per heavy atom. The van der Waals surface area contributed by atoms with Crippen LogP contribution in [0.5, 0.6) is 0 Å². The van der Waals surface area contributed by atoms with Gasteiger partial charge in [0.15, 0.2) is 0 Å². The largest absolute Gasteiger partial charge is 0.469 e. The Morgan fingerprint density at radius 3 is 2.35 bits per heavy atom. The maximum atomic E-state index is 12.1. The fraction of sp³-hybridized carbons (Fsp3) is 0.692. The van der Waals surface area contributed by atoms with Crippen molar-refractivity contribution >= 4 is 11.9 Å². The average Bonchev–Trinajstić information content (AvgIpc) is 2.75. The van der Waals surface area contributed by atoms with Crippen molar-refractivity contribution in [1.29, 1.82) is 0 Å². The van der Waals surface area contributed by atoms with E-state index in [1.807, 2.05) is 13.8 Å². The van der Waals surface area contributed by atoms with Crippen LogP contribution in [0, 0.1) is 16.2 Å². The lowest BCUT2D eigenvalue weighted by Gasteiger charge is -2.42. The first kappa shape index (κ1) is 12.1. The Bertz CT molecular complexity index is 426. The molecule has 94 valence electrons. The van der Waals surface area contributed by atoms with Crippen LogP contribution >= 0.6 is 0 Å². The Labute approximate surface area is 101 Å². The van der Waals surface area contributed by atoms with E-state index in [2.05, 4.69) is 6.58 Å². The van der Waals surface area contributed by atoms with Gasteiger partial charge >= 0.3 is 5.97 Å². The summed E-state index contributed by atoms with van der Waals surface area (Å²) < 4.78 is 4.93. The molecule has 0 aromatic heterocycles. The molecule has 0 aliphatic heterocycles. The lowest BCUT2D eigenvalue weighted by molar-refractivity contribution is -0.157. The van der Waals surface area contributed by atoms with Crippen molar-refractivity contribution in [3.05, 3.63) is 12.2 Å². The highest BCUT2D eigenvalue weighted by molar-refractivity contribution is 5.91. The predicted octanol–water partition coefficient (Wildman–Crippen LogP) is 1.40. The average molecular weight is 237 g/mol. The Kier molecular flexibility index (Phi) is 2.23. The first-order chi connectivity index (χ1) is 7.74. The topological polar surface area (TPSA) is 69.4 Å². The summed E-state index contributed by atoms with van der Waals surface area (Å²) in [5.41, 5.74) is 4.54. The molecule has 2 saturated carbocycles. The zero-order valence-corrected chi connectivity index (χ0v) is 10.6. The van der Waals surface area contributed by atoms with Gasteiger partial charge in [-0.05, 0) is 19.3 Å². The summed E-state index contributed by atoms with van der Waals surface area (Å²) >= 11 is 0. The minimum Gasteiger partial charge on any atom is -0.469 e. The summed E-state index contributed by atoms with van der Waals surface area (Å²) in [6.07, 6.45) is 1.71. The maximum Gasteiger partial charge on any atom is 0.312 e. The second kappa shape index (κ2) is 3.12. The number of fused-ring (bicyclic) bond motifs is 2. The molecule has 2 aliphatic carbocycles. The van der Waals surface area contributed by atoms with E-state index in [1.54, 1.807) is 0 Å². The lowest BCUT2D eigenvalue weighted by atomic mass is 9.61. The van der Waals surface area contributed by atoms with Gasteiger partial charge < -0.3 is 10.5 Å². The molecule has 0 aromatic carbocycles. The number of carbonyl (C=O) groups excluding carboxylic acids is 2. The molecular formula is C13H19NO3. The van der Waals surface area contributed by atoms with Crippen LogP contribution in [0.25, 0.3) is 0 Å². The van der Waals surface area contributed by atoms with E-state index in [4.69, 9.17) is 10.5 Å². The van der Waals surface area contributed by atoms with Crippen LogP contribution in [-0.4, -0.2) is 19.0 Å². The van der Waals surface area contributed by atoms with Gasteiger partial charge in [-0.3, -0.25) is 9.59 Å². The summed E-state index contributed by atoms with van der Waals surface area (Å²) in [5.74, 6) is -0.608. The van der Waals surface area contributed by atoms with E-state index < -0.39 is 16.2 Å². The zero-order chi connectivity index (χ0) is 13.1. The minimum atomic E-state index is -0.711. The molecule has 1 amide bonds. The van der Waals surface area contributed by atoms with Gasteiger partial charge in [0.05, 0.1) is 17.9 Å². The Morgan fingerprint density at radius 2 is 1.94 bits per heavy atom. The molecule has 0 saturated heterocycles. The van der Waals surface area contributed by atoms with Crippen LogP contribution in [0.4, 0.5) is 0 Å². The standard InChI is InChI=1S/C13H19NO3/c1-8-11(2,3)13(10(16)17-4)6-5-12(8,7-13)9(14)15/h1,5-7H2,2-4H3,(H2,14,15)/t12-,13+/m1/s1. The summed E-state index contributed by atoms with van der Waals surface area (Å²) in [7, 11) is 1.39. The maximum absolute atomic E-state index is 12.1. The van der Waals surface area contributed by atoms with E-state index in [0.29, 0.717) is 19.3 Å². The Hall–Kier alpha value is -1.32. The second-order valence-electron chi connectivity index (χ2n) is 5.80. The fourth-order valence-electron chi connectivity index (χ4n) is 3.78. The normalized spacial score (nSPS) is 38.2. The monoisotopic (exact) mass is 237 g/mol. The first-order valence-electron chi connectivity index (χ1n) is 5.83. The molecule has 2 rings (SSSR count). The van der Waals surface area contributed by atoms with Gasteiger partial charge in [-0.25, -0.2) is 0 Å². The van der Waals surface area contributed by atoms with Crippen LogP contribution in [0.15, 0.2) is 12.2 Å². The van der Waals surface area contributed by atoms with Gasteiger partial charge in [0.2, 0.25) is 5.91 Å². The molecule has 0 spiro atoms. The smallest absolute Gasteiger partial charge is 0.312 e. The molecule has 2 fully saturated rings. The van der Waals surface area contributed by atoms with E-state index in [1.165, 1.54) is 7.11 Å². The number of hydrogen-bond donors (Lipinski definition) is 1. The van der Waals surface area contributed by atoms with Crippen molar-refractivity contribution in [3.8, 4) is 0 Å². The number of carbonyl (C=O) groups is 2. The number of hydrogen-bond acceptors (Lipinski definition) is 3. The number of ether oxygens (including phenoxy) is 1. The van der Waals surface area contributed by atoms with Crippen molar-refractivity contribution in [2.45, 2.75) is 33.1 Å². The first-order valence-corrected chi connectivity index (χ1v) is 5.83. The fourth-order valence-corrected chi connectivity index (χ4v) is 3.78. The van der Waals surface area contributed by atoms with Gasteiger partial charge in [-0.15, -0.1) is 0 Å². The van der Waals surface area contributed by atoms with Crippen LogP contribution in [0.2, 0.25) is 0 Å². The molecule has 0 unspecified atom stereocenters. The number of rotatable bonds is 2. The number of methoxy groups -OCH3 is 1. The second-order valence-corrected chi connectivity index (χ2v) is 5.80. The number of nitrogens with two attached hydrogens (primary N) is 1. The van der Waals surface area contributed by atoms with E-state index >= 15 is 0 Å². The molecular weight excluding hydrogens is 218 g/mol.